The first kappa shape index (κ1) is 17.6. The summed E-state index contributed by atoms with van der Waals surface area (Å²) in [6.07, 6.45) is 0. The van der Waals surface area contributed by atoms with E-state index in [2.05, 4.69) is 13.2 Å². The lowest BCUT2D eigenvalue weighted by atomic mass is 10.4. The zero-order valence-electron chi connectivity index (χ0n) is 11.2. The van der Waals surface area contributed by atoms with Gasteiger partial charge in [0.2, 0.25) is 0 Å². The smallest absolute Gasteiger partial charge is 0.319 e. The standard InChI is InChI=1S/C12H23O5P/c1-11(2)9-14-5-7-16-18(13)17-8-6-15-10-12(3)4/h18H,1,3,5-10H2,2,4H3. The molecular formula is C12H23O5P. The second kappa shape index (κ2) is 11.6. The fourth-order valence-corrected chi connectivity index (χ4v) is 1.49. The summed E-state index contributed by atoms with van der Waals surface area (Å²) in [6, 6.07) is 0. The van der Waals surface area contributed by atoms with Crippen LogP contribution in [0.3, 0.4) is 0 Å². The summed E-state index contributed by atoms with van der Waals surface area (Å²) in [5.41, 5.74) is 1.88. The van der Waals surface area contributed by atoms with Crippen molar-refractivity contribution >= 4 is 8.25 Å². The number of rotatable bonds is 12. The number of ether oxygens (including phenoxy) is 2. The molecule has 0 saturated carbocycles. The van der Waals surface area contributed by atoms with Crippen molar-refractivity contribution in [3.8, 4) is 0 Å². The van der Waals surface area contributed by atoms with E-state index in [4.69, 9.17) is 18.5 Å². The zero-order valence-corrected chi connectivity index (χ0v) is 12.2. The van der Waals surface area contributed by atoms with E-state index in [-0.39, 0.29) is 13.2 Å². The van der Waals surface area contributed by atoms with Gasteiger partial charge in [-0.15, -0.1) is 0 Å². The minimum absolute atomic E-state index is 0.248. The third-order valence-corrected chi connectivity index (χ3v) is 2.47. The maximum absolute atomic E-state index is 11.2. The quantitative estimate of drug-likeness (QED) is 0.312. The van der Waals surface area contributed by atoms with Crippen molar-refractivity contribution < 1.29 is 23.1 Å². The van der Waals surface area contributed by atoms with E-state index >= 15 is 0 Å². The summed E-state index contributed by atoms with van der Waals surface area (Å²) in [5.74, 6) is 0. The summed E-state index contributed by atoms with van der Waals surface area (Å²) in [4.78, 5) is 0. The Morgan fingerprint density at radius 1 is 0.889 bits per heavy atom. The number of hydrogen-bond donors (Lipinski definition) is 0. The second-order valence-electron chi connectivity index (χ2n) is 3.97. The Morgan fingerprint density at radius 3 is 1.61 bits per heavy atom. The van der Waals surface area contributed by atoms with Crippen molar-refractivity contribution in [2.45, 2.75) is 13.8 Å². The van der Waals surface area contributed by atoms with Gasteiger partial charge in [0.15, 0.2) is 0 Å². The van der Waals surface area contributed by atoms with E-state index in [1.165, 1.54) is 0 Å². The van der Waals surface area contributed by atoms with Crippen molar-refractivity contribution in [2.24, 2.45) is 0 Å². The lowest BCUT2D eigenvalue weighted by molar-refractivity contribution is 0.0929. The van der Waals surface area contributed by atoms with E-state index in [1.54, 1.807) is 0 Å². The Bertz CT molecular complexity index is 252. The molecular weight excluding hydrogens is 255 g/mol. The molecule has 0 rings (SSSR count). The highest BCUT2D eigenvalue weighted by Gasteiger charge is 1.99. The molecule has 0 spiro atoms. The van der Waals surface area contributed by atoms with Gasteiger partial charge in [0.25, 0.3) is 0 Å². The average molecular weight is 278 g/mol. The van der Waals surface area contributed by atoms with Gasteiger partial charge in [-0.05, 0) is 13.8 Å². The SMILES string of the molecule is C=C(C)COCCO[PH](=O)OCCOCC(=C)C. The molecule has 0 atom stereocenters. The largest absolute Gasteiger partial charge is 0.375 e. The lowest BCUT2D eigenvalue weighted by Gasteiger charge is -2.07. The molecule has 0 amide bonds. The lowest BCUT2D eigenvalue weighted by Crippen LogP contribution is -2.05. The van der Waals surface area contributed by atoms with Crippen molar-refractivity contribution in [2.75, 3.05) is 39.6 Å². The first-order valence-electron chi connectivity index (χ1n) is 5.76. The van der Waals surface area contributed by atoms with Gasteiger partial charge in [-0.3, -0.25) is 4.57 Å². The molecule has 0 aromatic heterocycles. The summed E-state index contributed by atoms with van der Waals surface area (Å²) >= 11 is 0. The van der Waals surface area contributed by atoms with Crippen LogP contribution < -0.4 is 0 Å². The zero-order chi connectivity index (χ0) is 13.8. The molecule has 0 saturated heterocycles. The Labute approximate surface area is 110 Å². The minimum atomic E-state index is -2.45. The molecule has 106 valence electrons. The van der Waals surface area contributed by atoms with Gasteiger partial charge >= 0.3 is 8.25 Å². The Kier molecular flexibility index (Phi) is 11.3. The van der Waals surface area contributed by atoms with Crippen LogP contribution in [-0.4, -0.2) is 39.6 Å². The molecule has 0 bridgehead atoms. The molecule has 0 N–H and O–H groups in total. The van der Waals surface area contributed by atoms with Crippen LogP contribution in [0.15, 0.2) is 24.3 Å². The van der Waals surface area contributed by atoms with Crippen LogP contribution in [0.4, 0.5) is 0 Å². The van der Waals surface area contributed by atoms with Gasteiger partial charge in [0.05, 0.1) is 39.6 Å². The van der Waals surface area contributed by atoms with Crippen LogP contribution >= 0.6 is 8.25 Å². The van der Waals surface area contributed by atoms with Crippen LogP contribution in [0.5, 0.6) is 0 Å². The normalized spacial score (nSPS) is 10.8. The van der Waals surface area contributed by atoms with E-state index < -0.39 is 8.25 Å². The van der Waals surface area contributed by atoms with Gasteiger partial charge in [0.1, 0.15) is 0 Å². The summed E-state index contributed by atoms with van der Waals surface area (Å²) in [6.45, 7) is 13.3. The van der Waals surface area contributed by atoms with Crippen LogP contribution in [0.25, 0.3) is 0 Å². The number of hydrogen-bond acceptors (Lipinski definition) is 5. The van der Waals surface area contributed by atoms with E-state index in [0.29, 0.717) is 26.4 Å². The molecule has 0 aromatic rings. The average Bonchev–Trinajstić information content (AvgIpc) is 2.27. The van der Waals surface area contributed by atoms with E-state index in [9.17, 15) is 4.57 Å². The monoisotopic (exact) mass is 278 g/mol. The van der Waals surface area contributed by atoms with Crippen molar-refractivity contribution in [1.29, 1.82) is 0 Å². The van der Waals surface area contributed by atoms with Gasteiger partial charge in [-0.2, -0.15) is 0 Å². The molecule has 0 aliphatic rings. The first-order valence-corrected chi connectivity index (χ1v) is 6.98. The maximum Gasteiger partial charge on any atom is 0.319 e. The third kappa shape index (κ3) is 13.6. The van der Waals surface area contributed by atoms with Gasteiger partial charge in [-0.25, -0.2) is 0 Å². The molecule has 0 fully saturated rings. The third-order valence-electron chi connectivity index (χ3n) is 1.59. The summed E-state index contributed by atoms with van der Waals surface area (Å²) in [5, 5.41) is 0. The van der Waals surface area contributed by atoms with E-state index in [0.717, 1.165) is 11.1 Å². The van der Waals surface area contributed by atoms with Crippen LogP contribution in [0.2, 0.25) is 0 Å². The molecule has 18 heavy (non-hydrogen) atoms. The topological polar surface area (TPSA) is 54.0 Å². The first-order chi connectivity index (χ1) is 8.52. The molecule has 0 aliphatic heterocycles. The molecule has 0 heterocycles. The predicted octanol–water partition coefficient (Wildman–Crippen LogP) is 2.59. The van der Waals surface area contributed by atoms with Gasteiger partial charge < -0.3 is 18.5 Å². The summed E-state index contributed by atoms with van der Waals surface area (Å²) < 4.78 is 31.5. The summed E-state index contributed by atoms with van der Waals surface area (Å²) in [7, 11) is -2.45. The van der Waals surface area contributed by atoms with Crippen molar-refractivity contribution in [3.63, 3.8) is 0 Å². The molecule has 0 aromatic carbocycles. The maximum atomic E-state index is 11.2. The predicted molar refractivity (Wildman–Crippen MR) is 72.2 cm³/mol. The molecule has 5 nitrogen and oxygen atoms in total. The second-order valence-corrected chi connectivity index (χ2v) is 5.04. The molecule has 6 heteroatoms. The Morgan fingerprint density at radius 2 is 1.28 bits per heavy atom. The van der Waals surface area contributed by atoms with Gasteiger partial charge in [-0.1, -0.05) is 24.3 Å². The fourth-order valence-electron chi connectivity index (χ4n) is 0.902. The van der Waals surface area contributed by atoms with Crippen LogP contribution in [0.1, 0.15) is 13.8 Å². The van der Waals surface area contributed by atoms with Crippen molar-refractivity contribution in [3.05, 3.63) is 24.3 Å². The Hall–Kier alpha value is -0.450. The van der Waals surface area contributed by atoms with Gasteiger partial charge in [0, 0.05) is 0 Å². The minimum Gasteiger partial charge on any atom is -0.375 e. The van der Waals surface area contributed by atoms with Crippen LogP contribution in [-0.2, 0) is 23.1 Å². The highest BCUT2D eigenvalue weighted by atomic mass is 31.1. The molecule has 0 unspecified atom stereocenters. The molecule has 0 aliphatic carbocycles. The van der Waals surface area contributed by atoms with E-state index in [1.807, 2.05) is 13.8 Å². The molecule has 0 radical (unpaired) electrons. The Balaban J connectivity index is 3.27. The highest BCUT2D eigenvalue weighted by molar-refractivity contribution is 7.33. The van der Waals surface area contributed by atoms with Crippen molar-refractivity contribution in [1.82, 2.24) is 0 Å². The fraction of sp³-hybridized carbons (Fsp3) is 0.667. The van der Waals surface area contributed by atoms with Crippen LogP contribution in [0, 0.1) is 0 Å². The highest BCUT2D eigenvalue weighted by Crippen LogP contribution is 2.22.